The molecule has 1 aliphatic heterocycles. The van der Waals surface area contributed by atoms with E-state index in [0.29, 0.717) is 55.8 Å². The van der Waals surface area contributed by atoms with Crippen LogP contribution in [0.4, 0.5) is 0 Å². The van der Waals surface area contributed by atoms with Crippen molar-refractivity contribution in [3.8, 4) is 23.0 Å². The molecule has 38 heavy (non-hydrogen) atoms. The van der Waals surface area contributed by atoms with Gasteiger partial charge in [0.1, 0.15) is 32.0 Å². The first kappa shape index (κ1) is 29.6. The zero-order chi connectivity index (χ0) is 27.1. The van der Waals surface area contributed by atoms with Crippen LogP contribution in [0.15, 0.2) is 48.5 Å². The van der Waals surface area contributed by atoms with Crippen LogP contribution < -0.4 is 18.9 Å². The van der Waals surface area contributed by atoms with Crippen LogP contribution in [0, 0.1) is 0 Å². The summed E-state index contributed by atoms with van der Waals surface area (Å²) in [6.07, 6.45) is 5.87. The van der Waals surface area contributed by atoms with Crippen LogP contribution in [0.25, 0.3) is 0 Å². The number of hydrogen-bond donors (Lipinski definition) is 1. The van der Waals surface area contributed by atoms with E-state index in [1.54, 1.807) is 0 Å². The van der Waals surface area contributed by atoms with Crippen molar-refractivity contribution in [2.24, 2.45) is 0 Å². The van der Waals surface area contributed by atoms with E-state index in [1.807, 2.05) is 55.5 Å². The fourth-order valence-electron chi connectivity index (χ4n) is 4.16. The lowest BCUT2D eigenvalue weighted by Gasteiger charge is -2.33. The number of carboxylic acids is 1. The monoisotopic (exact) mass is 530 g/mol. The second kappa shape index (κ2) is 16.1. The molecule has 8 nitrogen and oxygen atoms in total. The quantitative estimate of drug-likeness (QED) is 0.379. The van der Waals surface area contributed by atoms with Crippen molar-refractivity contribution in [2.75, 3.05) is 39.6 Å². The van der Waals surface area contributed by atoms with Crippen LogP contribution in [0.3, 0.4) is 0 Å². The van der Waals surface area contributed by atoms with Crippen LogP contribution in [-0.2, 0) is 14.3 Å². The molecule has 0 amide bonds. The first-order chi connectivity index (χ1) is 18.5. The summed E-state index contributed by atoms with van der Waals surface area (Å²) in [6.45, 7) is 5.62. The number of para-hydroxylation sites is 4. The summed E-state index contributed by atoms with van der Waals surface area (Å²) >= 11 is 0. The van der Waals surface area contributed by atoms with E-state index in [2.05, 4.69) is 6.92 Å². The topological polar surface area (TPSA) is 92.7 Å². The van der Waals surface area contributed by atoms with Gasteiger partial charge in [-0.3, -0.25) is 0 Å². The molecule has 0 saturated carbocycles. The molecule has 0 aromatic heterocycles. The number of aliphatic carboxylic acids is 1. The van der Waals surface area contributed by atoms with Gasteiger partial charge in [0.15, 0.2) is 29.1 Å². The van der Waals surface area contributed by atoms with Crippen LogP contribution >= 0.6 is 0 Å². The number of ether oxygens (including phenoxy) is 6. The third-order valence-corrected chi connectivity index (χ3v) is 6.26. The van der Waals surface area contributed by atoms with Crippen LogP contribution in [0.2, 0.25) is 0 Å². The summed E-state index contributed by atoms with van der Waals surface area (Å²) in [7, 11) is 0. The maximum atomic E-state index is 12.2. The molecule has 210 valence electrons. The lowest BCUT2D eigenvalue weighted by molar-refractivity contribution is -0.171. The van der Waals surface area contributed by atoms with Gasteiger partial charge in [-0.2, -0.15) is 0 Å². The minimum absolute atomic E-state index is 0.0627. The van der Waals surface area contributed by atoms with Crippen molar-refractivity contribution >= 4 is 5.97 Å². The summed E-state index contributed by atoms with van der Waals surface area (Å²) in [4.78, 5) is 12.2. The molecular weight excluding hydrogens is 488 g/mol. The van der Waals surface area contributed by atoms with Crippen molar-refractivity contribution in [1.82, 2.24) is 0 Å². The highest BCUT2D eigenvalue weighted by Gasteiger charge is 2.35. The molecule has 0 fully saturated rings. The van der Waals surface area contributed by atoms with Gasteiger partial charge < -0.3 is 33.5 Å². The fraction of sp³-hybridized carbons (Fsp3) is 0.567. The molecular formula is C30H42O8. The third-order valence-electron chi connectivity index (χ3n) is 6.26. The van der Waals surface area contributed by atoms with Gasteiger partial charge in [-0.25, -0.2) is 4.79 Å². The van der Waals surface area contributed by atoms with Gasteiger partial charge >= 0.3 is 5.97 Å². The minimum Gasteiger partial charge on any atom is -0.487 e. The van der Waals surface area contributed by atoms with Crippen LogP contribution in [0.5, 0.6) is 23.0 Å². The summed E-state index contributed by atoms with van der Waals surface area (Å²) in [5.74, 6) is 1.26. The highest BCUT2D eigenvalue weighted by molar-refractivity contribution is 5.72. The number of carbonyl (C=O) groups is 1. The highest BCUT2D eigenvalue weighted by atomic mass is 16.6. The normalized spacial score (nSPS) is 16.9. The van der Waals surface area contributed by atoms with Crippen molar-refractivity contribution < 1.29 is 38.3 Å². The number of carboxylic acid groups (broad SMARTS) is 1. The SMILES string of the molecule is CCCCCCCCC(OC1(C)COc2ccccc2OCCOCCOc2ccccc2OC1)C(=O)O. The predicted molar refractivity (Wildman–Crippen MR) is 145 cm³/mol. The Hall–Kier alpha value is -2.97. The zero-order valence-corrected chi connectivity index (χ0v) is 22.7. The highest BCUT2D eigenvalue weighted by Crippen LogP contribution is 2.31. The molecule has 0 radical (unpaired) electrons. The minimum atomic E-state index is -1.06. The van der Waals surface area contributed by atoms with Crippen molar-refractivity contribution in [3.63, 3.8) is 0 Å². The maximum absolute atomic E-state index is 12.2. The Morgan fingerprint density at radius 1 is 0.789 bits per heavy atom. The molecule has 0 aliphatic carbocycles. The second-order valence-corrected chi connectivity index (χ2v) is 9.73. The van der Waals surface area contributed by atoms with Crippen molar-refractivity contribution in [2.45, 2.75) is 70.5 Å². The van der Waals surface area contributed by atoms with E-state index in [0.717, 1.165) is 19.3 Å². The average molecular weight is 531 g/mol. The summed E-state index contributed by atoms with van der Waals surface area (Å²) in [5, 5.41) is 9.95. The zero-order valence-electron chi connectivity index (χ0n) is 22.7. The summed E-state index contributed by atoms with van der Waals surface area (Å²) < 4.78 is 35.9. The van der Waals surface area contributed by atoms with Crippen molar-refractivity contribution in [3.05, 3.63) is 48.5 Å². The predicted octanol–water partition coefficient (Wildman–Crippen LogP) is 5.91. The van der Waals surface area contributed by atoms with E-state index in [-0.39, 0.29) is 13.2 Å². The number of hydrogen-bond acceptors (Lipinski definition) is 7. The molecule has 1 aliphatic rings. The van der Waals surface area contributed by atoms with E-state index >= 15 is 0 Å². The van der Waals surface area contributed by atoms with Crippen LogP contribution in [-0.4, -0.2) is 62.4 Å². The first-order valence-electron chi connectivity index (χ1n) is 13.7. The molecule has 1 N–H and O–H groups in total. The number of fused-ring (bicyclic) bond motifs is 2. The Kier molecular flexibility index (Phi) is 12.5. The second-order valence-electron chi connectivity index (χ2n) is 9.73. The summed E-state index contributed by atoms with van der Waals surface area (Å²) in [5.41, 5.74) is -1.06. The van der Waals surface area contributed by atoms with Gasteiger partial charge in [0.25, 0.3) is 0 Å². The Morgan fingerprint density at radius 2 is 1.26 bits per heavy atom. The smallest absolute Gasteiger partial charge is 0.332 e. The van der Waals surface area contributed by atoms with Gasteiger partial charge in [-0.05, 0) is 37.6 Å². The maximum Gasteiger partial charge on any atom is 0.332 e. The van der Waals surface area contributed by atoms with E-state index in [4.69, 9.17) is 28.4 Å². The molecule has 0 bridgehead atoms. The third kappa shape index (κ3) is 10.1. The average Bonchev–Trinajstić information content (AvgIpc) is 2.92. The summed E-state index contributed by atoms with van der Waals surface area (Å²) in [6, 6.07) is 14.7. The molecule has 8 heteroatoms. The van der Waals surface area contributed by atoms with E-state index < -0.39 is 17.7 Å². The standard InChI is InChI=1S/C30H42O8/c1-3-4-5-6-7-8-17-28(29(31)32)38-30(2)22-36-26-15-11-9-13-24(26)34-20-18-33-19-21-35-25-14-10-12-16-27(25)37-23-30/h9-16,28H,3-8,17-23H2,1-2H3,(H,31,32). The lowest BCUT2D eigenvalue weighted by atomic mass is 10.1. The Labute approximate surface area is 226 Å². The van der Waals surface area contributed by atoms with Gasteiger partial charge in [0, 0.05) is 0 Å². The van der Waals surface area contributed by atoms with Gasteiger partial charge in [0.05, 0.1) is 13.2 Å². The molecule has 2 aromatic rings. The first-order valence-corrected chi connectivity index (χ1v) is 13.7. The molecule has 0 saturated heterocycles. The molecule has 2 aromatic carbocycles. The Morgan fingerprint density at radius 3 is 1.76 bits per heavy atom. The fourth-order valence-corrected chi connectivity index (χ4v) is 4.16. The van der Waals surface area contributed by atoms with Gasteiger partial charge in [-0.15, -0.1) is 0 Å². The van der Waals surface area contributed by atoms with E-state index in [1.165, 1.54) is 19.3 Å². The number of benzene rings is 2. The van der Waals surface area contributed by atoms with E-state index in [9.17, 15) is 9.90 Å². The van der Waals surface area contributed by atoms with Crippen LogP contribution in [0.1, 0.15) is 58.8 Å². The number of rotatable bonds is 10. The number of unbranched alkanes of at least 4 members (excludes halogenated alkanes) is 5. The largest absolute Gasteiger partial charge is 0.487 e. The van der Waals surface area contributed by atoms with Gasteiger partial charge in [0.2, 0.25) is 0 Å². The molecule has 1 heterocycles. The Balaban J connectivity index is 1.77. The molecule has 3 rings (SSSR count). The Bertz CT molecular complexity index is 907. The molecule has 1 unspecified atom stereocenters. The van der Waals surface area contributed by atoms with Crippen molar-refractivity contribution in [1.29, 1.82) is 0 Å². The molecule has 0 spiro atoms. The van der Waals surface area contributed by atoms with Gasteiger partial charge in [-0.1, -0.05) is 69.7 Å². The lowest BCUT2D eigenvalue weighted by Crippen LogP contribution is -2.46. The molecule has 1 atom stereocenters.